The summed E-state index contributed by atoms with van der Waals surface area (Å²) in [6.45, 7) is 0.0183. The zero-order chi connectivity index (χ0) is 21.7. The molecule has 156 valence electrons. The third-order valence-electron chi connectivity index (χ3n) is 4.30. The Bertz CT molecular complexity index is 1030. The topological polar surface area (TPSA) is 75.7 Å². The third kappa shape index (κ3) is 5.04. The molecule has 1 aliphatic rings. The van der Waals surface area contributed by atoms with Gasteiger partial charge in [0.25, 0.3) is 11.1 Å². The lowest BCUT2D eigenvalue weighted by atomic mass is 10.1. The van der Waals surface area contributed by atoms with Crippen molar-refractivity contribution in [3.63, 3.8) is 0 Å². The highest BCUT2D eigenvalue weighted by Gasteiger charge is 2.34. The Morgan fingerprint density at radius 1 is 1.17 bits per heavy atom. The number of amides is 3. The lowest BCUT2D eigenvalue weighted by molar-refractivity contribution is -0.124. The normalized spacial score (nSPS) is 15.0. The van der Waals surface area contributed by atoms with Crippen molar-refractivity contribution in [2.75, 3.05) is 20.2 Å². The molecule has 0 atom stereocenters. The van der Waals surface area contributed by atoms with Crippen LogP contribution in [-0.4, -0.2) is 42.2 Å². The lowest BCUT2D eigenvalue weighted by Gasteiger charge is -2.13. The van der Waals surface area contributed by atoms with Crippen molar-refractivity contribution in [1.29, 1.82) is 0 Å². The predicted molar refractivity (Wildman–Crippen MR) is 109 cm³/mol. The van der Waals surface area contributed by atoms with E-state index in [4.69, 9.17) is 4.74 Å². The van der Waals surface area contributed by atoms with Gasteiger partial charge in [0.2, 0.25) is 5.91 Å². The molecule has 1 N–H and O–H groups in total. The van der Waals surface area contributed by atoms with Gasteiger partial charge in [0.1, 0.15) is 5.82 Å². The van der Waals surface area contributed by atoms with E-state index in [1.54, 1.807) is 12.1 Å². The highest BCUT2D eigenvalue weighted by Crippen LogP contribution is 2.32. The molecule has 0 spiro atoms. The van der Waals surface area contributed by atoms with E-state index in [-0.39, 0.29) is 41.6 Å². The molecule has 2 aromatic carbocycles. The molecular formula is C21H18F2N2O4S. The van der Waals surface area contributed by atoms with Gasteiger partial charge in [-0.15, -0.1) is 0 Å². The Balaban J connectivity index is 1.54. The first-order valence-corrected chi connectivity index (χ1v) is 9.79. The van der Waals surface area contributed by atoms with Gasteiger partial charge in [0.05, 0.1) is 18.4 Å². The van der Waals surface area contributed by atoms with Crippen LogP contribution >= 0.6 is 11.8 Å². The van der Waals surface area contributed by atoms with Crippen LogP contribution in [0.1, 0.15) is 11.1 Å². The number of imide groups is 1. The van der Waals surface area contributed by atoms with Crippen LogP contribution in [0, 0.1) is 11.6 Å². The number of thioether (sulfide) groups is 1. The Labute approximate surface area is 175 Å². The van der Waals surface area contributed by atoms with Crippen LogP contribution in [0.4, 0.5) is 13.6 Å². The fourth-order valence-electron chi connectivity index (χ4n) is 2.80. The second-order valence-corrected chi connectivity index (χ2v) is 7.34. The fraction of sp³-hybridized carbons (Fsp3) is 0.190. The number of hydrogen-bond donors (Lipinski definition) is 1. The second-order valence-electron chi connectivity index (χ2n) is 6.35. The number of benzene rings is 2. The van der Waals surface area contributed by atoms with E-state index in [0.29, 0.717) is 5.56 Å². The summed E-state index contributed by atoms with van der Waals surface area (Å²) in [4.78, 5) is 37.7. The molecule has 1 fully saturated rings. The monoisotopic (exact) mass is 432 g/mol. The van der Waals surface area contributed by atoms with Crippen molar-refractivity contribution in [1.82, 2.24) is 10.2 Å². The molecule has 1 aliphatic heterocycles. The number of nitrogens with zero attached hydrogens (tertiary/aromatic N) is 1. The molecule has 0 saturated carbocycles. The van der Waals surface area contributed by atoms with Crippen LogP contribution in [-0.2, 0) is 16.0 Å². The number of nitrogens with one attached hydrogen (secondary N) is 1. The van der Waals surface area contributed by atoms with Crippen LogP contribution in [0.5, 0.6) is 5.75 Å². The van der Waals surface area contributed by atoms with Crippen molar-refractivity contribution >= 4 is 34.9 Å². The highest BCUT2D eigenvalue weighted by molar-refractivity contribution is 8.18. The van der Waals surface area contributed by atoms with Crippen molar-refractivity contribution in [2.45, 2.75) is 6.42 Å². The van der Waals surface area contributed by atoms with Gasteiger partial charge in [-0.25, -0.2) is 8.78 Å². The number of ether oxygens (including phenoxy) is 1. The van der Waals surface area contributed by atoms with Gasteiger partial charge in [-0.2, -0.15) is 0 Å². The summed E-state index contributed by atoms with van der Waals surface area (Å²) >= 11 is 0.717. The van der Waals surface area contributed by atoms with Gasteiger partial charge in [-0.3, -0.25) is 19.3 Å². The maximum absolute atomic E-state index is 13.8. The average molecular weight is 432 g/mol. The van der Waals surface area contributed by atoms with E-state index in [1.165, 1.54) is 43.5 Å². The molecule has 3 amide bonds. The zero-order valence-corrected chi connectivity index (χ0v) is 16.8. The Morgan fingerprint density at radius 2 is 1.93 bits per heavy atom. The standard InChI is InChI=1S/C21H18F2N2O4S/c1-29-17-7-6-13(10-16(17)23)11-19(26)24-8-9-25-20(27)18(30-21(25)28)12-14-4-2-3-5-15(14)22/h2-7,10,12H,8-9,11H2,1H3,(H,24,26)/b18-12-. The smallest absolute Gasteiger partial charge is 0.293 e. The van der Waals surface area contributed by atoms with Crippen molar-refractivity contribution in [3.8, 4) is 5.75 Å². The van der Waals surface area contributed by atoms with E-state index in [1.807, 2.05) is 0 Å². The molecule has 0 bridgehead atoms. The fourth-order valence-corrected chi connectivity index (χ4v) is 3.66. The van der Waals surface area contributed by atoms with Gasteiger partial charge in [0.15, 0.2) is 11.6 Å². The minimum Gasteiger partial charge on any atom is -0.494 e. The predicted octanol–water partition coefficient (Wildman–Crippen LogP) is 3.37. The van der Waals surface area contributed by atoms with Gasteiger partial charge in [0, 0.05) is 18.7 Å². The van der Waals surface area contributed by atoms with E-state index in [9.17, 15) is 23.2 Å². The van der Waals surface area contributed by atoms with Gasteiger partial charge >= 0.3 is 0 Å². The number of methoxy groups -OCH3 is 1. The SMILES string of the molecule is COc1ccc(CC(=O)NCCN2C(=O)S/C(=C\c3ccccc3F)C2=O)cc1F. The zero-order valence-electron chi connectivity index (χ0n) is 16.0. The van der Waals surface area contributed by atoms with Crippen molar-refractivity contribution < 1.29 is 27.9 Å². The van der Waals surface area contributed by atoms with Crippen molar-refractivity contribution in [3.05, 3.63) is 70.1 Å². The maximum Gasteiger partial charge on any atom is 0.293 e. The molecule has 0 radical (unpaired) electrons. The van der Waals surface area contributed by atoms with E-state index < -0.39 is 22.8 Å². The number of rotatable bonds is 7. The van der Waals surface area contributed by atoms with E-state index in [2.05, 4.69) is 5.32 Å². The summed E-state index contributed by atoms with van der Waals surface area (Å²) in [5.74, 6) is -1.90. The summed E-state index contributed by atoms with van der Waals surface area (Å²) < 4.78 is 32.3. The summed E-state index contributed by atoms with van der Waals surface area (Å²) in [7, 11) is 1.35. The molecule has 9 heteroatoms. The number of carbonyl (C=O) groups is 3. The average Bonchev–Trinajstić information content (AvgIpc) is 2.97. The first-order valence-electron chi connectivity index (χ1n) is 8.98. The van der Waals surface area contributed by atoms with Gasteiger partial charge in [-0.1, -0.05) is 24.3 Å². The second kappa shape index (κ2) is 9.53. The van der Waals surface area contributed by atoms with Crippen LogP contribution in [0.15, 0.2) is 47.4 Å². The minimum absolute atomic E-state index is 0.0258. The molecule has 1 saturated heterocycles. The molecule has 6 nitrogen and oxygen atoms in total. The largest absolute Gasteiger partial charge is 0.494 e. The van der Waals surface area contributed by atoms with Crippen LogP contribution in [0.2, 0.25) is 0 Å². The van der Waals surface area contributed by atoms with Gasteiger partial charge in [-0.05, 0) is 41.6 Å². The first kappa shape index (κ1) is 21.5. The van der Waals surface area contributed by atoms with E-state index >= 15 is 0 Å². The number of carbonyl (C=O) groups excluding carboxylic acids is 3. The van der Waals surface area contributed by atoms with Crippen molar-refractivity contribution in [2.24, 2.45) is 0 Å². The molecule has 0 unspecified atom stereocenters. The summed E-state index contributed by atoms with van der Waals surface area (Å²) in [5.41, 5.74) is 0.674. The van der Waals surface area contributed by atoms with Crippen LogP contribution in [0.25, 0.3) is 6.08 Å². The molecule has 0 aromatic heterocycles. The van der Waals surface area contributed by atoms with Crippen LogP contribution in [0.3, 0.4) is 0 Å². The van der Waals surface area contributed by atoms with E-state index in [0.717, 1.165) is 16.7 Å². The summed E-state index contributed by atoms with van der Waals surface area (Å²) in [5, 5.41) is 2.10. The summed E-state index contributed by atoms with van der Waals surface area (Å²) in [6.07, 6.45) is 1.27. The Kier molecular flexibility index (Phi) is 6.83. The van der Waals surface area contributed by atoms with Gasteiger partial charge < -0.3 is 10.1 Å². The quantitative estimate of drug-likeness (QED) is 0.679. The number of hydrogen-bond acceptors (Lipinski definition) is 5. The first-order chi connectivity index (χ1) is 14.4. The highest BCUT2D eigenvalue weighted by atomic mass is 32.2. The van der Waals surface area contributed by atoms with Crippen LogP contribution < -0.4 is 10.1 Å². The third-order valence-corrected chi connectivity index (χ3v) is 5.21. The maximum atomic E-state index is 13.8. The minimum atomic E-state index is -0.567. The molecule has 1 heterocycles. The Hall–Kier alpha value is -3.20. The molecule has 2 aromatic rings. The lowest BCUT2D eigenvalue weighted by Crippen LogP contribution is -2.37. The molecule has 30 heavy (non-hydrogen) atoms. The molecule has 3 rings (SSSR count). The summed E-state index contributed by atoms with van der Waals surface area (Å²) in [6, 6.07) is 10.1. The molecule has 0 aliphatic carbocycles. The Morgan fingerprint density at radius 3 is 2.63 bits per heavy atom. The number of halogens is 2. The molecular weight excluding hydrogens is 414 g/mol.